The minimum atomic E-state index is -0.0797. The Labute approximate surface area is 107 Å². The van der Waals surface area contributed by atoms with E-state index in [1.165, 1.54) is 7.11 Å². The van der Waals surface area contributed by atoms with Crippen LogP contribution in [0.3, 0.4) is 0 Å². The molecule has 0 heterocycles. The Bertz CT molecular complexity index is 406. The quantitative estimate of drug-likeness (QED) is 0.832. The van der Waals surface area contributed by atoms with E-state index in [0.717, 1.165) is 5.56 Å². The van der Waals surface area contributed by atoms with Crippen LogP contribution >= 0.6 is 0 Å². The SMILES string of the molecule is CCOCC(=O)N(C)Cc1ccc(O)c(OC)c1. The lowest BCUT2D eigenvalue weighted by atomic mass is 10.2. The highest BCUT2D eigenvalue weighted by atomic mass is 16.5. The van der Waals surface area contributed by atoms with Crippen LogP contribution in [0.15, 0.2) is 18.2 Å². The Hall–Kier alpha value is -1.75. The van der Waals surface area contributed by atoms with E-state index in [1.54, 1.807) is 30.1 Å². The van der Waals surface area contributed by atoms with E-state index in [2.05, 4.69) is 0 Å². The minimum absolute atomic E-state index is 0.0797. The van der Waals surface area contributed by atoms with Crippen molar-refractivity contribution in [3.8, 4) is 11.5 Å². The number of likely N-dealkylation sites (N-methyl/N-ethyl adjacent to an activating group) is 1. The van der Waals surface area contributed by atoms with E-state index >= 15 is 0 Å². The van der Waals surface area contributed by atoms with Gasteiger partial charge in [0.15, 0.2) is 11.5 Å². The second-order valence-electron chi connectivity index (χ2n) is 3.89. The minimum Gasteiger partial charge on any atom is -0.504 e. The summed E-state index contributed by atoms with van der Waals surface area (Å²) in [5, 5.41) is 9.47. The van der Waals surface area contributed by atoms with Gasteiger partial charge in [-0.2, -0.15) is 0 Å². The number of hydrogen-bond donors (Lipinski definition) is 1. The normalized spacial score (nSPS) is 10.2. The number of rotatable bonds is 6. The van der Waals surface area contributed by atoms with Crippen LogP contribution in [0.2, 0.25) is 0 Å². The number of methoxy groups -OCH3 is 1. The summed E-state index contributed by atoms with van der Waals surface area (Å²) >= 11 is 0. The molecule has 0 saturated heterocycles. The highest BCUT2D eigenvalue weighted by Gasteiger charge is 2.10. The average Bonchev–Trinajstić information content (AvgIpc) is 2.37. The molecule has 0 bridgehead atoms. The fourth-order valence-corrected chi connectivity index (χ4v) is 1.48. The molecule has 0 aliphatic heterocycles. The lowest BCUT2D eigenvalue weighted by Gasteiger charge is -2.17. The second-order valence-corrected chi connectivity index (χ2v) is 3.89. The van der Waals surface area contributed by atoms with Crippen LogP contribution in [-0.4, -0.2) is 43.3 Å². The Kier molecular flexibility index (Phi) is 5.45. The Balaban J connectivity index is 2.64. The second kappa shape index (κ2) is 6.86. The van der Waals surface area contributed by atoms with Crippen LogP contribution < -0.4 is 4.74 Å². The number of ether oxygens (including phenoxy) is 2. The fourth-order valence-electron chi connectivity index (χ4n) is 1.48. The first-order valence-electron chi connectivity index (χ1n) is 5.76. The van der Waals surface area contributed by atoms with Gasteiger partial charge in [-0.05, 0) is 24.6 Å². The molecule has 0 spiro atoms. The molecular formula is C13H19NO4. The maximum absolute atomic E-state index is 11.6. The van der Waals surface area contributed by atoms with Gasteiger partial charge in [0.05, 0.1) is 7.11 Å². The van der Waals surface area contributed by atoms with E-state index in [1.807, 2.05) is 6.92 Å². The molecule has 5 heteroatoms. The number of phenolic OH excluding ortho intramolecular Hbond substituents is 1. The van der Waals surface area contributed by atoms with Gasteiger partial charge in [0.2, 0.25) is 5.91 Å². The third kappa shape index (κ3) is 3.92. The first-order chi connectivity index (χ1) is 8.58. The highest BCUT2D eigenvalue weighted by molar-refractivity contribution is 5.77. The number of aromatic hydroxyl groups is 1. The van der Waals surface area contributed by atoms with Crippen molar-refractivity contribution >= 4 is 5.91 Å². The zero-order valence-corrected chi connectivity index (χ0v) is 11.0. The summed E-state index contributed by atoms with van der Waals surface area (Å²) in [7, 11) is 3.20. The summed E-state index contributed by atoms with van der Waals surface area (Å²) in [5.74, 6) is 0.409. The van der Waals surface area contributed by atoms with Gasteiger partial charge < -0.3 is 19.5 Å². The van der Waals surface area contributed by atoms with Crippen molar-refractivity contribution in [2.24, 2.45) is 0 Å². The number of amides is 1. The molecule has 0 unspecified atom stereocenters. The van der Waals surface area contributed by atoms with Gasteiger partial charge in [-0.3, -0.25) is 4.79 Å². The summed E-state index contributed by atoms with van der Waals surface area (Å²) in [6.45, 7) is 2.90. The molecule has 0 atom stereocenters. The third-order valence-corrected chi connectivity index (χ3v) is 2.52. The molecule has 0 radical (unpaired) electrons. The molecule has 1 rings (SSSR count). The Morgan fingerprint density at radius 1 is 1.44 bits per heavy atom. The van der Waals surface area contributed by atoms with Crippen LogP contribution in [0.25, 0.3) is 0 Å². The Morgan fingerprint density at radius 3 is 2.78 bits per heavy atom. The number of carbonyl (C=O) groups excluding carboxylic acids is 1. The monoisotopic (exact) mass is 253 g/mol. The number of phenols is 1. The number of benzene rings is 1. The molecule has 0 saturated carbocycles. The molecule has 100 valence electrons. The van der Waals surface area contributed by atoms with E-state index in [4.69, 9.17) is 9.47 Å². The van der Waals surface area contributed by atoms with Crippen LogP contribution in [0.5, 0.6) is 11.5 Å². The number of carbonyl (C=O) groups is 1. The zero-order chi connectivity index (χ0) is 13.5. The number of hydrogen-bond acceptors (Lipinski definition) is 4. The lowest BCUT2D eigenvalue weighted by molar-refractivity contribution is -0.135. The third-order valence-electron chi connectivity index (χ3n) is 2.52. The molecule has 0 aliphatic rings. The van der Waals surface area contributed by atoms with E-state index in [-0.39, 0.29) is 18.3 Å². The summed E-state index contributed by atoms with van der Waals surface area (Å²) < 4.78 is 10.1. The van der Waals surface area contributed by atoms with Gasteiger partial charge in [0.1, 0.15) is 6.61 Å². The predicted molar refractivity (Wildman–Crippen MR) is 67.6 cm³/mol. The molecule has 0 aromatic heterocycles. The predicted octanol–water partition coefficient (Wildman–Crippen LogP) is 1.40. The van der Waals surface area contributed by atoms with Crippen LogP contribution in [0.1, 0.15) is 12.5 Å². The van der Waals surface area contributed by atoms with Gasteiger partial charge in [-0.25, -0.2) is 0 Å². The van der Waals surface area contributed by atoms with Crippen molar-refractivity contribution < 1.29 is 19.4 Å². The van der Waals surface area contributed by atoms with Gasteiger partial charge in [-0.1, -0.05) is 6.07 Å². The van der Waals surface area contributed by atoms with Gasteiger partial charge in [0, 0.05) is 20.2 Å². The molecule has 5 nitrogen and oxygen atoms in total. The maximum Gasteiger partial charge on any atom is 0.248 e. The maximum atomic E-state index is 11.6. The molecule has 1 aromatic rings. The summed E-state index contributed by atoms with van der Waals surface area (Å²) in [6, 6.07) is 5.01. The molecule has 1 amide bonds. The molecule has 0 fully saturated rings. The van der Waals surface area contributed by atoms with E-state index < -0.39 is 0 Å². The highest BCUT2D eigenvalue weighted by Crippen LogP contribution is 2.26. The summed E-state index contributed by atoms with van der Waals surface area (Å²) in [5.41, 5.74) is 0.886. The molecular weight excluding hydrogens is 234 g/mol. The van der Waals surface area contributed by atoms with Crippen molar-refractivity contribution in [3.05, 3.63) is 23.8 Å². The average molecular weight is 253 g/mol. The molecule has 0 aliphatic carbocycles. The van der Waals surface area contributed by atoms with E-state index in [0.29, 0.717) is 18.9 Å². The van der Waals surface area contributed by atoms with Crippen LogP contribution in [-0.2, 0) is 16.1 Å². The van der Waals surface area contributed by atoms with Crippen molar-refractivity contribution in [1.82, 2.24) is 4.90 Å². The smallest absolute Gasteiger partial charge is 0.248 e. The topological polar surface area (TPSA) is 59.0 Å². The lowest BCUT2D eigenvalue weighted by Crippen LogP contribution is -2.29. The first-order valence-corrected chi connectivity index (χ1v) is 5.76. The van der Waals surface area contributed by atoms with Crippen LogP contribution in [0.4, 0.5) is 0 Å². The first kappa shape index (κ1) is 14.3. The summed E-state index contributed by atoms with van der Waals surface area (Å²) in [6.07, 6.45) is 0. The van der Waals surface area contributed by atoms with E-state index in [9.17, 15) is 9.90 Å². The summed E-state index contributed by atoms with van der Waals surface area (Å²) in [4.78, 5) is 13.2. The number of nitrogens with zero attached hydrogens (tertiary/aromatic N) is 1. The van der Waals surface area contributed by atoms with Crippen molar-refractivity contribution in [3.63, 3.8) is 0 Å². The van der Waals surface area contributed by atoms with Gasteiger partial charge in [-0.15, -0.1) is 0 Å². The largest absolute Gasteiger partial charge is 0.504 e. The molecule has 18 heavy (non-hydrogen) atoms. The van der Waals surface area contributed by atoms with Crippen molar-refractivity contribution in [1.29, 1.82) is 0 Å². The van der Waals surface area contributed by atoms with Gasteiger partial charge >= 0.3 is 0 Å². The van der Waals surface area contributed by atoms with Crippen molar-refractivity contribution in [2.75, 3.05) is 27.4 Å². The van der Waals surface area contributed by atoms with Crippen molar-refractivity contribution in [2.45, 2.75) is 13.5 Å². The van der Waals surface area contributed by atoms with Crippen LogP contribution in [0, 0.1) is 0 Å². The Morgan fingerprint density at radius 2 is 2.17 bits per heavy atom. The molecule has 1 N–H and O–H groups in total. The standard InChI is InChI=1S/C13H19NO4/c1-4-18-9-13(16)14(2)8-10-5-6-11(15)12(7-10)17-3/h5-7,15H,4,8-9H2,1-3H3. The van der Waals surface area contributed by atoms with Gasteiger partial charge in [0.25, 0.3) is 0 Å². The zero-order valence-electron chi connectivity index (χ0n) is 11.0. The molecule has 1 aromatic carbocycles. The fraction of sp³-hybridized carbons (Fsp3) is 0.462.